The fraction of sp³-hybridized carbons (Fsp3) is 0.583. The number of hydrogen-bond donors (Lipinski definition) is 1. The number of aliphatic hydroxyl groups is 1. The molecule has 0 amide bonds. The minimum absolute atomic E-state index is 0.0195. The van der Waals surface area contributed by atoms with Crippen LogP contribution in [0.2, 0.25) is 0 Å². The molecule has 0 aliphatic rings. The molecule has 1 rings (SSSR count). The summed E-state index contributed by atoms with van der Waals surface area (Å²) in [6.07, 6.45) is 0. The largest absolute Gasteiger partial charge is 0.478 e. The van der Waals surface area contributed by atoms with Gasteiger partial charge in [-0.25, -0.2) is 4.98 Å². The Morgan fingerprint density at radius 1 is 1.33 bits per heavy atom. The zero-order chi connectivity index (χ0) is 11.5. The summed E-state index contributed by atoms with van der Waals surface area (Å²) >= 11 is 0. The van der Waals surface area contributed by atoms with E-state index in [0.717, 1.165) is 11.3 Å². The fourth-order valence-electron chi connectivity index (χ4n) is 1.26. The molecular formula is C12H19NO2. The first-order chi connectivity index (χ1) is 6.97. The third kappa shape index (κ3) is 3.20. The summed E-state index contributed by atoms with van der Waals surface area (Å²) in [6.45, 7) is 8.80. The van der Waals surface area contributed by atoms with Gasteiger partial charge in [0, 0.05) is 11.5 Å². The predicted molar refractivity (Wildman–Crippen MR) is 60.0 cm³/mol. The Balaban J connectivity index is 3.11. The van der Waals surface area contributed by atoms with Crippen LogP contribution >= 0.6 is 0 Å². The molecule has 0 saturated heterocycles. The van der Waals surface area contributed by atoms with Crippen LogP contribution < -0.4 is 4.74 Å². The van der Waals surface area contributed by atoms with E-state index < -0.39 is 0 Å². The van der Waals surface area contributed by atoms with Crippen molar-refractivity contribution in [1.82, 2.24) is 4.98 Å². The lowest BCUT2D eigenvalue weighted by Crippen LogP contribution is -2.14. The Bertz CT molecular complexity index is 329. The van der Waals surface area contributed by atoms with Crippen molar-refractivity contribution >= 4 is 0 Å². The molecule has 84 valence electrons. The van der Waals surface area contributed by atoms with Crippen molar-refractivity contribution in [3.63, 3.8) is 0 Å². The van der Waals surface area contributed by atoms with Crippen LogP contribution in [-0.2, 0) is 12.0 Å². The van der Waals surface area contributed by atoms with Crippen molar-refractivity contribution in [3.05, 3.63) is 23.4 Å². The van der Waals surface area contributed by atoms with E-state index in [2.05, 4.69) is 25.8 Å². The summed E-state index contributed by atoms with van der Waals surface area (Å²) in [7, 11) is 0. The summed E-state index contributed by atoms with van der Waals surface area (Å²) in [5.74, 6) is 0.592. The molecule has 0 aliphatic heterocycles. The lowest BCUT2D eigenvalue weighted by Gasteiger charge is -2.19. The van der Waals surface area contributed by atoms with E-state index in [0.29, 0.717) is 12.5 Å². The van der Waals surface area contributed by atoms with Gasteiger partial charge in [-0.15, -0.1) is 0 Å². The van der Waals surface area contributed by atoms with Crippen molar-refractivity contribution in [2.75, 3.05) is 6.61 Å². The van der Waals surface area contributed by atoms with Crippen LogP contribution in [0.25, 0.3) is 0 Å². The first-order valence-electron chi connectivity index (χ1n) is 5.22. The normalized spacial score (nSPS) is 11.5. The quantitative estimate of drug-likeness (QED) is 0.830. The number of aliphatic hydroxyl groups excluding tert-OH is 1. The van der Waals surface area contributed by atoms with Crippen LogP contribution in [0.1, 0.15) is 39.0 Å². The van der Waals surface area contributed by atoms with Crippen LogP contribution in [0.15, 0.2) is 12.1 Å². The SMILES string of the molecule is CCOc1cc(CO)cc(C(C)(C)C)n1. The summed E-state index contributed by atoms with van der Waals surface area (Å²) in [5.41, 5.74) is 1.76. The smallest absolute Gasteiger partial charge is 0.213 e. The van der Waals surface area contributed by atoms with Crippen LogP contribution in [0.4, 0.5) is 0 Å². The molecule has 0 atom stereocenters. The summed E-state index contributed by atoms with van der Waals surface area (Å²) in [5, 5.41) is 9.14. The van der Waals surface area contributed by atoms with E-state index in [-0.39, 0.29) is 12.0 Å². The maximum atomic E-state index is 9.14. The molecule has 15 heavy (non-hydrogen) atoms. The molecule has 1 aromatic heterocycles. The second-order valence-corrected chi connectivity index (χ2v) is 4.54. The average Bonchev–Trinajstić information content (AvgIpc) is 2.16. The third-order valence-electron chi connectivity index (χ3n) is 2.10. The molecule has 0 aliphatic carbocycles. The van der Waals surface area contributed by atoms with E-state index >= 15 is 0 Å². The highest BCUT2D eigenvalue weighted by Gasteiger charge is 2.17. The van der Waals surface area contributed by atoms with Crippen LogP contribution in [0, 0.1) is 0 Å². The molecule has 1 aromatic rings. The maximum Gasteiger partial charge on any atom is 0.213 e. The molecule has 0 unspecified atom stereocenters. The molecule has 0 aromatic carbocycles. The van der Waals surface area contributed by atoms with Crippen molar-refractivity contribution in [2.24, 2.45) is 0 Å². The van der Waals surface area contributed by atoms with Gasteiger partial charge in [0.25, 0.3) is 0 Å². The Labute approximate surface area is 91.1 Å². The van der Waals surface area contributed by atoms with Crippen LogP contribution in [-0.4, -0.2) is 16.7 Å². The average molecular weight is 209 g/mol. The maximum absolute atomic E-state index is 9.14. The number of rotatable bonds is 3. The Kier molecular flexibility index (Phi) is 3.69. The predicted octanol–water partition coefficient (Wildman–Crippen LogP) is 2.27. The molecule has 0 saturated carbocycles. The fourth-order valence-corrected chi connectivity index (χ4v) is 1.26. The van der Waals surface area contributed by atoms with Gasteiger partial charge in [0.1, 0.15) is 0 Å². The van der Waals surface area contributed by atoms with Crippen molar-refractivity contribution < 1.29 is 9.84 Å². The van der Waals surface area contributed by atoms with Crippen molar-refractivity contribution in [2.45, 2.75) is 39.7 Å². The standard InChI is InChI=1S/C12H19NO2/c1-5-15-11-7-9(8-14)6-10(13-11)12(2,3)4/h6-7,14H,5,8H2,1-4H3. The van der Waals surface area contributed by atoms with Gasteiger partial charge in [-0.3, -0.25) is 0 Å². The number of ether oxygens (including phenoxy) is 1. The van der Waals surface area contributed by atoms with Crippen LogP contribution in [0.3, 0.4) is 0 Å². The third-order valence-corrected chi connectivity index (χ3v) is 2.10. The van der Waals surface area contributed by atoms with Crippen LogP contribution in [0.5, 0.6) is 5.88 Å². The van der Waals surface area contributed by atoms with E-state index in [9.17, 15) is 0 Å². The van der Waals surface area contributed by atoms with E-state index in [1.807, 2.05) is 13.0 Å². The van der Waals surface area contributed by atoms with Gasteiger partial charge >= 0.3 is 0 Å². The van der Waals surface area contributed by atoms with Gasteiger partial charge in [-0.1, -0.05) is 20.8 Å². The monoisotopic (exact) mass is 209 g/mol. The number of nitrogens with zero attached hydrogens (tertiary/aromatic N) is 1. The second kappa shape index (κ2) is 4.62. The van der Waals surface area contributed by atoms with Crippen molar-refractivity contribution in [1.29, 1.82) is 0 Å². The Morgan fingerprint density at radius 3 is 2.47 bits per heavy atom. The minimum atomic E-state index is -0.0307. The summed E-state index contributed by atoms with van der Waals surface area (Å²) < 4.78 is 5.36. The van der Waals surface area contributed by atoms with Gasteiger partial charge in [-0.2, -0.15) is 0 Å². The minimum Gasteiger partial charge on any atom is -0.478 e. The van der Waals surface area contributed by atoms with Gasteiger partial charge in [-0.05, 0) is 18.6 Å². The van der Waals surface area contributed by atoms with E-state index in [4.69, 9.17) is 9.84 Å². The number of aromatic nitrogens is 1. The first-order valence-corrected chi connectivity index (χ1v) is 5.22. The second-order valence-electron chi connectivity index (χ2n) is 4.54. The highest BCUT2D eigenvalue weighted by Crippen LogP contribution is 2.24. The molecule has 3 nitrogen and oxygen atoms in total. The Morgan fingerprint density at radius 2 is 2.00 bits per heavy atom. The summed E-state index contributed by atoms with van der Waals surface area (Å²) in [6, 6.07) is 3.70. The van der Waals surface area contributed by atoms with E-state index in [1.54, 1.807) is 6.07 Å². The zero-order valence-corrected chi connectivity index (χ0v) is 9.87. The molecule has 3 heteroatoms. The molecular weight excluding hydrogens is 190 g/mol. The lowest BCUT2D eigenvalue weighted by molar-refractivity contribution is 0.278. The first kappa shape index (κ1) is 12.0. The molecule has 0 radical (unpaired) electrons. The zero-order valence-electron chi connectivity index (χ0n) is 9.87. The Hall–Kier alpha value is -1.09. The topological polar surface area (TPSA) is 42.4 Å². The molecule has 0 fully saturated rings. The number of hydrogen-bond acceptors (Lipinski definition) is 3. The van der Waals surface area contributed by atoms with E-state index in [1.165, 1.54) is 0 Å². The van der Waals surface area contributed by atoms with Gasteiger partial charge in [0.05, 0.1) is 18.9 Å². The summed E-state index contributed by atoms with van der Waals surface area (Å²) in [4.78, 5) is 4.41. The molecule has 0 spiro atoms. The van der Waals surface area contributed by atoms with Gasteiger partial charge in [0.15, 0.2) is 0 Å². The lowest BCUT2D eigenvalue weighted by atomic mass is 9.91. The molecule has 1 heterocycles. The molecule has 1 N–H and O–H groups in total. The highest BCUT2D eigenvalue weighted by molar-refractivity contribution is 5.28. The highest BCUT2D eigenvalue weighted by atomic mass is 16.5. The molecule has 0 bridgehead atoms. The number of pyridine rings is 1. The van der Waals surface area contributed by atoms with Gasteiger partial charge < -0.3 is 9.84 Å². The van der Waals surface area contributed by atoms with Crippen molar-refractivity contribution in [3.8, 4) is 5.88 Å². The van der Waals surface area contributed by atoms with Gasteiger partial charge in [0.2, 0.25) is 5.88 Å².